The van der Waals surface area contributed by atoms with Gasteiger partial charge in [-0.3, -0.25) is 19.5 Å². The van der Waals surface area contributed by atoms with Gasteiger partial charge in [-0.05, 0) is 53.6 Å². The molecule has 1 saturated heterocycles. The lowest BCUT2D eigenvalue weighted by Gasteiger charge is -2.23. The average Bonchev–Trinajstić information content (AvgIpc) is 3.50. The number of hydrogen-bond acceptors (Lipinski definition) is 7. The van der Waals surface area contributed by atoms with Gasteiger partial charge >= 0.3 is 5.91 Å². The fraction of sp³-hybridized carbons (Fsp3) is 0.0667. The molecule has 1 N–H and O–H groups in total. The van der Waals surface area contributed by atoms with Crippen LogP contribution in [0.2, 0.25) is 5.02 Å². The van der Waals surface area contributed by atoms with Crippen molar-refractivity contribution in [1.82, 2.24) is 9.97 Å². The molecule has 192 valence electrons. The number of amides is 1. The normalized spacial score (nSPS) is 16.6. The van der Waals surface area contributed by atoms with E-state index in [0.29, 0.717) is 39.2 Å². The van der Waals surface area contributed by atoms with Crippen molar-refractivity contribution in [1.29, 1.82) is 0 Å². The molecule has 1 aliphatic rings. The number of rotatable bonds is 6. The summed E-state index contributed by atoms with van der Waals surface area (Å²) in [7, 11) is 0. The molecule has 0 saturated carbocycles. The summed E-state index contributed by atoms with van der Waals surface area (Å²) >= 11 is 7.41. The van der Waals surface area contributed by atoms with Gasteiger partial charge in [-0.15, -0.1) is 0 Å². The standard InChI is InChI=1S/C30H20ClN3O4S/c31-21-8-11-23-24(16-21)39-30(33-23)34-26(25(28(36)29(34)37)27(35)20-12-14-32-15-13-20)19-6-9-22(10-7-19)38-17-18-4-2-1-3-5-18/h1-16,26,35H,17H2/b27-25+. The van der Waals surface area contributed by atoms with Crippen LogP contribution in [-0.4, -0.2) is 26.8 Å². The molecule has 9 heteroatoms. The number of benzene rings is 3. The summed E-state index contributed by atoms with van der Waals surface area (Å²) in [6.07, 6.45) is 3.02. The van der Waals surface area contributed by atoms with Gasteiger partial charge in [-0.25, -0.2) is 4.98 Å². The number of ether oxygens (including phenoxy) is 1. The Balaban J connectivity index is 1.42. The van der Waals surface area contributed by atoms with E-state index < -0.39 is 17.7 Å². The molecule has 0 bridgehead atoms. The van der Waals surface area contributed by atoms with Crippen LogP contribution in [0.3, 0.4) is 0 Å². The molecule has 3 aromatic carbocycles. The second kappa shape index (κ2) is 10.3. The highest BCUT2D eigenvalue weighted by molar-refractivity contribution is 7.22. The van der Waals surface area contributed by atoms with Crippen molar-refractivity contribution in [3.05, 3.63) is 125 Å². The van der Waals surface area contributed by atoms with Gasteiger partial charge in [0, 0.05) is 23.0 Å². The molecule has 39 heavy (non-hydrogen) atoms. The minimum atomic E-state index is -0.905. The summed E-state index contributed by atoms with van der Waals surface area (Å²) in [5.41, 5.74) is 2.66. The summed E-state index contributed by atoms with van der Waals surface area (Å²) < 4.78 is 6.69. The molecule has 0 radical (unpaired) electrons. The predicted molar refractivity (Wildman–Crippen MR) is 151 cm³/mol. The Labute approximate surface area is 232 Å². The number of aliphatic hydroxyl groups excluding tert-OH is 1. The Morgan fingerprint density at radius 3 is 2.46 bits per heavy atom. The SMILES string of the molecule is O=C1C(=O)N(c2nc3ccc(Cl)cc3s2)C(c2ccc(OCc3ccccc3)cc2)/C1=C(\O)c1ccncc1. The molecular formula is C30H20ClN3O4S. The molecule has 7 nitrogen and oxygen atoms in total. The van der Waals surface area contributed by atoms with Crippen LogP contribution in [0, 0.1) is 0 Å². The molecule has 5 aromatic rings. The summed E-state index contributed by atoms with van der Waals surface area (Å²) in [6, 6.07) is 24.4. The summed E-state index contributed by atoms with van der Waals surface area (Å²) in [5, 5.41) is 12.1. The predicted octanol–water partition coefficient (Wildman–Crippen LogP) is 6.55. The minimum absolute atomic E-state index is 0.0264. The maximum atomic E-state index is 13.4. The van der Waals surface area contributed by atoms with Gasteiger partial charge in [-0.2, -0.15) is 0 Å². The molecule has 0 aliphatic carbocycles. The van der Waals surface area contributed by atoms with Gasteiger partial charge < -0.3 is 9.84 Å². The highest BCUT2D eigenvalue weighted by Crippen LogP contribution is 2.44. The minimum Gasteiger partial charge on any atom is -0.507 e. The van der Waals surface area contributed by atoms with Gasteiger partial charge in [0.05, 0.1) is 21.8 Å². The lowest BCUT2D eigenvalue weighted by molar-refractivity contribution is -0.132. The van der Waals surface area contributed by atoms with E-state index in [1.165, 1.54) is 28.6 Å². The molecule has 2 aromatic heterocycles. The number of anilines is 1. The van der Waals surface area contributed by atoms with E-state index in [9.17, 15) is 14.7 Å². The third-order valence-corrected chi connectivity index (χ3v) is 7.64. The van der Waals surface area contributed by atoms with E-state index in [0.717, 1.165) is 10.3 Å². The third kappa shape index (κ3) is 4.76. The monoisotopic (exact) mass is 553 g/mol. The number of fused-ring (bicyclic) bond motifs is 1. The highest BCUT2D eigenvalue weighted by Gasteiger charge is 2.48. The third-order valence-electron chi connectivity index (χ3n) is 6.39. The van der Waals surface area contributed by atoms with Gasteiger partial charge in [0.2, 0.25) is 0 Å². The average molecular weight is 554 g/mol. The first-order chi connectivity index (χ1) is 19.0. The fourth-order valence-corrected chi connectivity index (χ4v) is 5.76. The van der Waals surface area contributed by atoms with E-state index >= 15 is 0 Å². The van der Waals surface area contributed by atoms with Crippen LogP contribution in [0.25, 0.3) is 16.0 Å². The number of pyridine rings is 1. The number of halogens is 1. The molecule has 6 rings (SSSR count). The topological polar surface area (TPSA) is 92.6 Å². The summed E-state index contributed by atoms with van der Waals surface area (Å²) in [5.74, 6) is -1.22. The number of carbonyl (C=O) groups excluding carboxylic acids is 2. The molecule has 1 atom stereocenters. The second-order valence-electron chi connectivity index (χ2n) is 8.86. The fourth-order valence-electron chi connectivity index (χ4n) is 4.49. The van der Waals surface area contributed by atoms with Crippen molar-refractivity contribution in [3.63, 3.8) is 0 Å². The maximum absolute atomic E-state index is 13.4. The van der Waals surface area contributed by atoms with Crippen LogP contribution in [0.15, 0.2) is 103 Å². The van der Waals surface area contributed by atoms with Crippen molar-refractivity contribution >= 4 is 55.7 Å². The number of aromatic nitrogens is 2. The van der Waals surface area contributed by atoms with E-state index in [2.05, 4.69) is 9.97 Å². The van der Waals surface area contributed by atoms with E-state index in [1.54, 1.807) is 54.6 Å². The van der Waals surface area contributed by atoms with E-state index in [1.807, 2.05) is 30.3 Å². The van der Waals surface area contributed by atoms with Crippen LogP contribution in [-0.2, 0) is 16.2 Å². The Morgan fingerprint density at radius 1 is 0.974 bits per heavy atom. The number of Topliss-reactive ketones (excluding diaryl/α,β-unsaturated/α-hetero) is 1. The molecule has 0 spiro atoms. The van der Waals surface area contributed by atoms with E-state index in [4.69, 9.17) is 16.3 Å². The van der Waals surface area contributed by atoms with Crippen molar-refractivity contribution in [3.8, 4) is 5.75 Å². The van der Waals surface area contributed by atoms with Gasteiger partial charge in [0.15, 0.2) is 5.13 Å². The Hall–Kier alpha value is -4.53. The largest absolute Gasteiger partial charge is 0.507 e. The zero-order chi connectivity index (χ0) is 26.9. The van der Waals surface area contributed by atoms with E-state index in [-0.39, 0.29) is 11.3 Å². The first kappa shape index (κ1) is 24.8. The molecule has 3 heterocycles. The molecule has 1 unspecified atom stereocenters. The van der Waals surface area contributed by atoms with Crippen molar-refractivity contribution in [2.75, 3.05) is 4.90 Å². The van der Waals surface area contributed by atoms with Crippen LogP contribution in [0.5, 0.6) is 5.75 Å². The Kier molecular flexibility index (Phi) is 6.56. The quantitative estimate of drug-likeness (QED) is 0.146. The van der Waals surface area contributed by atoms with Crippen molar-refractivity contribution in [2.45, 2.75) is 12.6 Å². The molecular weight excluding hydrogens is 534 g/mol. The number of ketones is 1. The first-order valence-corrected chi connectivity index (χ1v) is 13.2. The van der Waals surface area contributed by atoms with Crippen molar-refractivity contribution < 1.29 is 19.4 Å². The zero-order valence-corrected chi connectivity index (χ0v) is 21.9. The number of aliphatic hydroxyl groups is 1. The number of carbonyl (C=O) groups is 2. The molecule has 1 amide bonds. The molecule has 1 fully saturated rings. The number of hydrogen-bond donors (Lipinski definition) is 1. The van der Waals surface area contributed by atoms with Crippen LogP contribution >= 0.6 is 22.9 Å². The van der Waals surface area contributed by atoms with Crippen LogP contribution in [0.1, 0.15) is 22.7 Å². The van der Waals surface area contributed by atoms with Crippen LogP contribution < -0.4 is 9.64 Å². The summed E-state index contributed by atoms with van der Waals surface area (Å²) in [6.45, 7) is 0.398. The lowest BCUT2D eigenvalue weighted by atomic mass is 9.95. The first-order valence-electron chi connectivity index (χ1n) is 12.0. The molecule has 1 aliphatic heterocycles. The number of thiazole rings is 1. The lowest BCUT2D eigenvalue weighted by Crippen LogP contribution is -2.29. The van der Waals surface area contributed by atoms with Crippen molar-refractivity contribution in [2.24, 2.45) is 0 Å². The van der Waals surface area contributed by atoms with Crippen LogP contribution in [0.4, 0.5) is 5.13 Å². The second-order valence-corrected chi connectivity index (χ2v) is 10.3. The van der Waals surface area contributed by atoms with Gasteiger partial charge in [0.25, 0.3) is 5.78 Å². The maximum Gasteiger partial charge on any atom is 0.301 e. The van der Waals surface area contributed by atoms with Gasteiger partial charge in [0.1, 0.15) is 18.1 Å². The zero-order valence-electron chi connectivity index (χ0n) is 20.3. The smallest absolute Gasteiger partial charge is 0.301 e. The highest BCUT2D eigenvalue weighted by atomic mass is 35.5. The Bertz CT molecular complexity index is 1720. The number of nitrogens with zero attached hydrogens (tertiary/aromatic N) is 3. The Morgan fingerprint density at radius 2 is 1.72 bits per heavy atom. The summed E-state index contributed by atoms with van der Waals surface area (Å²) in [4.78, 5) is 36.8. The van der Waals surface area contributed by atoms with Gasteiger partial charge in [-0.1, -0.05) is 65.4 Å².